The second-order valence-electron chi connectivity index (χ2n) is 7.89. The third kappa shape index (κ3) is 5.49. The zero-order valence-electron chi connectivity index (χ0n) is 14.0. The summed E-state index contributed by atoms with van der Waals surface area (Å²) >= 11 is 0. The van der Waals surface area contributed by atoms with Crippen molar-refractivity contribution in [3.8, 4) is 0 Å². The minimum absolute atomic E-state index is 0.140. The molecule has 5 heteroatoms. The van der Waals surface area contributed by atoms with Gasteiger partial charge in [-0.05, 0) is 47.5 Å². The third-order valence-corrected chi connectivity index (χ3v) is 3.77. The minimum Gasteiger partial charge on any atom is -0.388 e. The molecule has 1 heterocycles. The molecule has 2 fully saturated rings. The van der Waals surface area contributed by atoms with Crippen LogP contribution in [0.1, 0.15) is 47.5 Å². The molecule has 124 valence electrons. The molecule has 0 aromatic rings. The van der Waals surface area contributed by atoms with Gasteiger partial charge >= 0.3 is 0 Å². The van der Waals surface area contributed by atoms with Gasteiger partial charge in [0.15, 0.2) is 0 Å². The van der Waals surface area contributed by atoms with E-state index in [1.165, 1.54) is 0 Å². The maximum atomic E-state index is 9.76. The maximum absolute atomic E-state index is 9.76. The van der Waals surface area contributed by atoms with Gasteiger partial charge in [0, 0.05) is 0 Å². The van der Waals surface area contributed by atoms with E-state index in [2.05, 4.69) is 20.8 Å². The van der Waals surface area contributed by atoms with Crippen LogP contribution >= 0.6 is 0 Å². The quantitative estimate of drug-likeness (QED) is 0.778. The zero-order chi connectivity index (χ0) is 15.7. The van der Waals surface area contributed by atoms with Crippen LogP contribution < -0.4 is 0 Å². The Kier molecular flexibility index (Phi) is 5.01. The van der Waals surface area contributed by atoms with Gasteiger partial charge in [0.2, 0.25) is 0 Å². The first-order chi connectivity index (χ1) is 9.61. The summed E-state index contributed by atoms with van der Waals surface area (Å²) in [7, 11) is 0. The van der Waals surface area contributed by atoms with E-state index in [1.54, 1.807) is 0 Å². The number of aliphatic hydroxyl groups excluding tert-OH is 1. The highest BCUT2D eigenvalue weighted by Gasteiger charge is 2.46. The van der Waals surface area contributed by atoms with Crippen LogP contribution in [0.5, 0.6) is 0 Å². The highest BCUT2D eigenvalue weighted by atomic mass is 16.6. The lowest BCUT2D eigenvalue weighted by molar-refractivity contribution is -0.161. The molecular weight excluding hydrogens is 272 g/mol. The van der Waals surface area contributed by atoms with E-state index >= 15 is 0 Å². The van der Waals surface area contributed by atoms with Crippen LogP contribution in [-0.4, -0.2) is 60.5 Å². The van der Waals surface area contributed by atoms with Crippen LogP contribution in [0.25, 0.3) is 0 Å². The highest BCUT2D eigenvalue weighted by molar-refractivity contribution is 4.97. The van der Waals surface area contributed by atoms with Crippen LogP contribution in [0.2, 0.25) is 0 Å². The average molecular weight is 302 g/mol. The van der Waals surface area contributed by atoms with Gasteiger partial charge in [0.05, 0.1) is 43.2 Å². The van der Waals surface area contributed by atoms with Crippen LogP contribution in [0.15, 0.2) is 0 Å². The zero-order valence-corrected chi connectivity index (χ0v) is 14.0. The van der Waals surface area contributed by atoms with Crippen LogP contribution in [0.3, 0.4) is 0 Å². The van der Waals surface area contributed by atoms with E-state index in [4.69, 9.17) is 18.9 Å². The molecule has 2 aliphatic rings. The van der Waals surface area contributed by atoms with Crippen LogP contribution in [0.4, 0.5) is 0 Å². The highest BCUT2D eigenvalue weighted by Crippen LogP contribution is 2.41. The Hall–Kier alpha value is -0.200. The Morgan fingerprint density at radius 2 is 1.81 bits per heavy atom. The SMILES string of the molecule is CC(C)(C)OCC1(OCC(C)(C)OC2COCC2O)CC1. The molecule has 2 atom stereocenters. The van der Waals surface area contributed by atoms with Gasteiger partial charge in [-0.15, -0.1) is 0 Å². The molecule has 1 aliphatic heterocycles. The molecule has 0 bridgehead atoms. The summed E-state index contributed by atoms with van der Waals surface area (Å²) in [4.78, 5) is 0. The van der Waals surface area contributed by atoms with Gasteiger partial charge in [-0.1, -0.05) is 0 Å². The minimum atomic E-state index is -0.539. The lowest BCUT2D eigenvalue weighted by atomic mass is 10.1. The van der Waals surface area contributed by atoms with Gasteiger partial charge in [-0.3, -0.25) is 0 Å². The Bertz CT molecular complexity index is 343. The molecule has 1 N–H and O–H groups in total. The first-order valence-corrected chi connectivity index (χ1v) is 7.83. The van der Waals surface area contributed by atoms with Crippen LogP contribution in [0, 0.1) is 0 Å². The first-order valence-electron chi connectivity index (χ1n) is 7.83. The van der Waals surface area contributed by atoms with Crippen molar-refractivity contribution < 1.29 is 24.1 Å². The van der Waals surface area contributed by atoms with Crippen molar-refractivity contribution in [2.24, 2.45) is 0 Å². The smallest absolute Gasteiger partial charge is 0.110 e. The Labute approximate surface area is 127 Å². The van der Waals surface area contributed by atoms with Crippen molar-refractivity contribution in [3.63, 3.8) is 0 Å². The molecule has 1 saturated carbocycles. The van der Waals surface area contributed by atoms with E-state index in [0.29, 0.717) is 26.4 Å². The van der Waals surface area contributed by atoms with Gasteiger partial charge in [-0.2, -0.15) is 0 Å². The van der Waals surface area contributed by atoms with Crippen molar-refractivity contribution >= 4 is 0 Å². The standard InChI is InChI=1S/C16H30O5/c1-14(2,3)19-11-16(6-7-16)20-10-15(4,5)21-13-9-18-8-12(13)17/h12-13,17H,6-11H2,1-5H3. The Morgan fingerprint density at radius 3 is 2.29 bits per heavy atom. The molecule has 1 saturated heterocycles. The second kappa shape index (κ2) is 6.13. The number of rotatable bonds is 7. The molecule has 0 aromatic carbocycles. The summed E-state index contributed by atoms with van der Waals surface area (Å²) in [5.41, 5.74) is -0.731. The molecule has 0 amide bonds. The number of hydrogen-bond acceptors (Lipinski definition) is 5. The van der Waals surface area contributed by atoms with Gasteiger partial charge < -0.3 is 24.1 Å². The molecule has 0 spiro atoms. The summed E-state index contributed by atoms with van der Waals surface area (Å²) < 4.78 is 23.1. The monoisotopic (exact) mass is 302 g/mol. The number of ether oxygens (including phenoxy) is 4. The summed E-state index contributed by atoms with van der Waals surface area (Å²) in [6.45, 7) is 12.0. The van der Waals surface area contributed by atoms with E-state index in [0.717, 1.165) is 12.8 Å². The van der Waals surface area contributed by atoms with E-state index in [1.807, 2.05) is 13.8 Å². The largest absolute Gasteiger partial charge is 0.388 e. The van der Waals surface area contributed by atoms with Gasteiger partial charge in [0.25, 0.3) is 0 Å². The summed E-state index contributed by atoms with van der Waals surface area (Å²) in [5.74, 6) is 0. The third-order valence-electron chi connectivity index (χ3n) is 3.77. The summed E-state index contributed by atoms with van der Waals surface area (Å²) in [6.07, 6.45) is 1.27. The Balaban J connectivity index is 1.76. The lowest BCUT2D eigenvalue weighted by Gasteiger charge is -2.32. The topological polar surface area (TPSA) is 57.2 Å². The normalized spacial score (nSPS) is 28.9. The van der Waals surface area contributed by atoms with Crippen molar-refractivity contribution in [2.45, 2.75) is 76.5 Å². The predicted octanol–water partition coefficient (Wildman–Crippen LogP) is 1.91. The van der Waals surface area contributed by atoms with Crippen LogP contribution in [-0.2, 0) is 18.9 Å². The number of hydrogen-bond donors (Lipinski definition) is 1. The van der Waals surface area contributed by atoms with Crippen molar-refractivity contribution in [3.05, 3.63) is 0 Å². The fraction of sp³-hybridized carbons (Fsp3) is 1.00. The first kappa shape index (κ1) is 17.2. The number of aliphatic hydroxyl groups is 1. The molecule has 2 rings (SSSR count). The molecule has 0 radical (unpaired) electrons. The Morgan fingerprint density at radius 1 is 1.14 bits per heavy atom. The van der Waals surface area contributed by atoms with Crippen molar-refractivity contribution in [1.82, 2.24) is 0 Å². The van der Waals surface area contributed by atoms with Gasteiger partial charge in [-0.25, -0.2) is 0 Å². The predicted molar refractivity (Wildman–Crippen MR) is 79.4 cm³/mol. The van der Waals surface area contributed by atoms with E-state index in [-0.39, 0.29) is 17.3 Å². The van der Waals surface area contributed by atoms with E-state index in [9.17, 15) is 5.11 Å². The fourth-order valence-electron chi connectivity index (χ4n) is 2.22. The summed E-state index contributed by atoms with van der Waals surface area (Å²) in [6, 6.07) is 0. The molecular formula is C16H30O5. The molecule has 21 heavy (non-hydrogen) atoms. The van der Waals surface area contributed by atoms with E-state index < -0.39 is 11.7 Å². The molecule has 5 nitrogen and oxygen atoms in total. The fourth-order valence-corrected chi connectivity index (χ4v) is 2.22. The van der Waals surface area contributed by atoms with Crippen molar-refractivity contribution in [1.29, 1.82) is 0 Å². The molecule has 2 unspecified atom stereocenters. The van der Waals surface area contributed by atoms with Crippen molar-refractivity contribution in [2.75, 3.05) is 26.4 Å². The molecule has 0 aromatic heterocycles. The lowest BCUT2D eigenvalue weighted by Crippen LogP contribution is -2.42. The maximum Gasteiger partial charge on any atom is 0.110 e. The average Bonchev–Trinajstić information content (AvgIpc) is 3.04. The summed E-state index contributed by atoms with van der Waals surface area (Å²) in [5, 5.41) is 9.76. The molecule has 1 aliphatic carbocycles. The second-order valence-corrected chi connectivity index (χ2v) is 7.89. The van der Waals surface area contributed by atoms with Gasteiger partial charge in [0.1, 0.15) is 12.2 Å².